The van der Waals surface area contributed by atoms with Crippen molar-refractivity contribution >= 4 is 5.97 Å². The Hall–Kier alpha value is -1.57. The fourth-order valence-corrected chi connectivity index (χ4v) is 1.54. The van der Waals surface area contributed by atoms with Crippen molar-refractivity contribution in [2.75, 3.05) is 0 Å². The lowest BCUT2D eigenvalue weighted by atomic mass is 9.94. The molecule has 0 bridgehead atoms. The maximum atomic E-state index is 10.9. The average molecular weight is 266 g/mol. The van der Waals surface area contributed by atoms with E-state index in [4.69, 9.17) is 5.11 Å². The topological polar surface area (TPSA) is 37.3 Å². The molecule has 0 unspecified atom stereocenters. The highest BCUT2D eigenvalue weighted by molar-refractivity contribution is 5.91. The van der Waals surface area contributed by atoms with Crippen LogP contribution in [0.5, 0.6) is 0 Å². The van der Waals surface area contributed by atoms with Crippen LogP contribution in [0.2, 0.25) is 0 Å². The fourth-order valence-electron chi connectivity index (χ4n) is 1.54. The van der Waals surface area contributed by atoms with Crippen LogP contribution in [0.1, 0.15) is 60.3 Å². The van der Waals surface area contributed by atoms with Gasteiger partial charge in [-0.2, -0.15) is 0 Å². The highest BCUT2D eigenvalue weighted by Gasteiger charge is 2.13. The molecule has 0 aliphatic carbocycles. The molecule has 0 radical (unpaired) electrons. The monoisotopic (exact) mass is 266 g/mol. The quantitative estimate of drug-likeness (QED) is 0.684. The number of rotatable bonds is 1. The summed E-state index contributed by atoms with van der Waals surface area (Å²) < 4.78 is 0. The van der Waals surface area contributed by atoms with Crippen LogP contribution >= 0.6 is 0 Å². The van der Waals surface area contributed by atoms with Gasteiger partial charge in [-0.25, -0.2) is 4.79 Å². The van der Waals surface area contributed by atoms with Gasteiger partial charge in [0.15, 0.2) is 0 Å². The maximum absolute atomic E-state index is 10.9. The van der Waals surface area contributed by atoms with Crippen molar-refractivity contribution < 1.29 is 9.90 Å². The Balaban J connectivity index is -0.000000375. The lowest BCUT2D eigenvalue weighted by Crippen LogP contribution is -2.06. The largest absolute Gasteiger partial charge is 0.478 e. The third kappa shape index (κ3) is 6.80. The van der Waals surface area contributed by atoms with Crippen LogP contribution < -0.4 is 0 Å². The van der Waals surface area contributed by atoms with E-state index in [0.717, 1.165) is 22.3 Å². The van der Waals surface area contributed by atoms with E-state index in [-0.39, 0.29) is 0 Å². The number of benzene rings is 1. The zero-order valence-corrected chi connectivity index (χ0v) is 13.8. The number of carboxylic acid groups (broad SMARTS) is 1. The first kappa shape index (κ1) is 22.6. The van der Waals surface area contributed by atoms with Gasteiger partial charge in [-0.05, 0) is 49.9 Å². The summed E-state index contributed by atoms with van der Waals surface area (Å²) in [7, 11) is 0. The Morgan fingerprint density at radius 3 is 1.37 bits per heavy atom. The first-order valence-electron chi connectivity index (χ1n) is 6.76. The van der Waals surface area contributed by atoms with Crippen LogP contribution in [-0.2, 0) is 0 Å². The summed E-state index contributed by atoms with van der Waals surface area (Å²) in [6.45, 7) is 21.6. The summed E-state index contributed by atoms with van der Waals surface area (Å²) in [6.07, 6.45) is 0. The lowest BCUT2D eigenvalue weighted by molar-refractivity contribution is 0.0695. The molecule has 0 heterocycles. The van der Waals surface area contributed by atoms with Crippen LogP contribution in [0.3, 0.4) is 0 Å². The highest BCUT2D eigenvalue weighted by Crippen LogP contribution is 2.21. The van der Waals surface area contributed by atoms with Crippen LogP contribution in [-0.4, -0.2) is 11.1 Å². The molecule has 19 heavy (non-hydrogen) atoms. The molecule has 0 saturated carbocycles. The van der Waals surface area contributed by atoms with E-state index in [1.54, 1.807) is 0 Å². The molecule has 0 aliphatic rings. The molecule has 0 fully saturated rings. The molecule has 1 rings (SSSR count). The Morgan fingerprint density at radius 2 is 1.16 bits per heavy atom. The number of hydrogen-bond donors (Lipinski definition) is 1. The van der Waals surface area contributed by atoms with Crippen LogP contribution in [0.25, 0.3) is 0 Å². The normalized spacial score (nSPS) is 7.79. The molecule has 110 valence electrons. The zero-order chi connectivity index (χ0) is 16.2. The van der Waals surface area contributed by atoms with Crippen molar-refractivity contribution in [2.45, 2.75) is 55.4 Å². The molecule has 1 N–H and O–H groups in total. The summed E-state index contributed by atoms with van der Waals surface area (Å²) in [4.78, 5) is 10.9. The van der Waals surface area contributed by atoms with Crippen LogP contribution in [0.4, 0.5) is 0 Å². The number of aromatic carboxylic acids is 1. The minimum Gasteiger partial charge on any atom is -0.478 e. The maximum Gasteiger partial charge on any atom is 0.336 e. The van der Waals surface area contributed by atoms with Crippen LogP contribution in [0, 0.1) is 27.7 Å². The predicted molar refractivity (Wildman–Crippen MR) is 86.3 cm³/mol. The van der Waals surface area contributed by atoms with E-state index in [1.807, 2.05) is 61.5 Å². The summed E-state index contributed by atoms with van der Waals surface area (Å²) >= 11 is 0. The summed E-state index contributed by atoms with van der Waals surface area (Å²) in [6, 6.07) is 2.02. The first-order chi connectivity index (χ1) is 8.95. The molecule has 0 aliphatic heterocycles. The smallest absolute Gasteiger partial charge is 0.336 e. The molecule has 0 amide bonds. The summed E-state index contributed by atoms with van der Waals surface area (Å²) in [5, 5.41) is 9.00. The number of carbonyl (C=O) groups is 1. The van der Waals surface area contributed by atoms with Crippen molar-refractivity contribution in [1.29, 1.82) is 0 Å². The zero-order valence-electron chi connectivity index (χ0n) is 13.8. The van der Waals surface area contributed by atoms with Crippen molar-refractivity contribution in [2.24, 2.45) is 0 Å². The van der Waals surface area contributed by atoms with Gasteiger partial charge < -0.3 is 5.11 Å². The molecule has 2 heteroatoms. The molecule has 1 aromatic carbocycles. The predicted octanol–water partition coefficient (Wildman–Crippen LogP) is 5.47. The van der Waals surface area contributed by atoms with Gasteiger partial charge in [0.1, 0.15) is 0 Å². The van der Waals surface area contributed by atoms with Gasteiger partial charge in [-0.15, -0.1) is 13.2 Å². The third-order valence-electron chi connectivity index (χ3n) is 2.58. The summed E-state index contributed by atoms with van der Waals surface area (Å²) in [5.74, 6) is -0.832. The van der Waals surface area contributed by atoms with Crippen molar-refractivity contribution in [3.05, 3.63) is 47.0 Å². The molecule has 2 nitrogen and oxygen atoms in total. The number of aryl methyl sites for hydroxylation is 2. The molecule has 0 aromatic heterocycles. The minimum absolute atomic E-state index is 0.456. The number of carboxylic acids is 1. The average Bonchev–Trinajstić information content (AvgIpc) is 2.43. The van der Waals surface area contributed by atoms with Gasteiger partial charge in [-0.1, -0.05) is 33.8 Å². The minimum atomic E-state index is -0.832. The van der Waals surface area contributed by atoms with E-state index in [2.05, 4.69) is 13.2 Å². The van der Waals surface area contributed by atoms with E-state index < -0.39 is 5.97 Å². The third-order valence-corrected chi connectivity index (χ3v) is 2.58. The van der Waals surface area contributed by atoms with E-state index in [1.165, 1.54) is 0 Å². The SMILES string of the molecule is C=C.CC.CC.Cc1cc(C)c(C)c(C(=O)O)c1C. The van der Waals surface area contributed by atoms with Gasteiger partial charge in [0.25, 0.3) is 0 Å². The molecular weight excluding hydrogens is 236 g/mol. The molecule has 0 atom stereocenters. The van der Waals surface area contributed by atoms with Gasteiger partial charge in [0, 0.05) is 0 Å². The molecule has 0 spiro atoms. The second-order valence-electron chi connectivity index (χ2n) is 3.44. The summed E-state index contributed by atoms with van der Waals surface area (Å²) in [5.41, 5.74) is 4.28. The van der Waals surface area contributed by atoms with E-state index in [0.29, 0.717) is 5.56 Å². The van der Waals surface area contributed by atoms with Crippen molar-refractivity contribution in [1.82, 2.24) is 0 Å². The van der Waals surface area contributed by atoms with E-state index in [9.17, 15) is 4.79 Å². The standard InChI is InChI=1S/C11H14O2.2C2H6.C2H4/c1-6-5-7(2)9(4)10(8(6)3)11(12)13;3*1-2/h5H,1-4H3,(H,12,13);2*1-2H3;1-2H2. The fraction of sp³-hybridized carbons (Fsp3) is 0.471. The van der Waals surface area contributed by atoms with Crippen molar-refractivity contribution in [3.63, 3.8) is 0 Å². The molecule has 1 aromatic rings. The number of hydrogen-bond acceptors (Lipinski definition) is 1. The van der Waals surface area contributed by atoms with Gasteiger partial charge in [0.05, 0.1) is 5.56 Å². The second-order valence-corrected chi connectivity index (χ2v) is 3.44. The highest BCUT2D eigenvalue weighted by atomic mass is 16.4. The van der Waals surface area contributed by atoms with Gasteiger partial charge in [-0.3, -0.25) is 0 Å². The Kier molecular flexibility index (Phi) is 15.3. The Bertz CT molecular complexity index is 353. The Morgan fingerprint density at radius 1 is 0.895 bits per heavy atom. The van der Waals surface area contributed by atoms with Crippen LogP contribution in [0.15, 0.2) is 19.2 Å². The van der Waals surface area contributed by atoms with Crippen molar-refractivity contribution in [3.8, 4) is 0 Å². The Labute approximate surface area is 119 Å². The van der Waals surface area contributed by atoms with Gasteiger partial charge >= 0.3 is 5.97 Å². The molecule has 0 saturated heterocycles. The van der Waals surface area contributed by atoms with E-state index >= 15 is 0 Å². The van der Waals surface area contributed by atoms with Gasteiger partial charge in [0.2, 0.25) is 0 Å². The molecular formula is C17H30O2. The second kappa shape index (κ2) is 12.9. The first-order valence-corrected chi connectivity index (χ1v) is 6.76. The lowest BCUT2D eigenvalue weighted by Gasteiger charge is -2.11.